The van der Waals surface area contributed by atoms with Crippen molar-refractivity contribution in [3.05, 3.63) is 48.3 Å². The molecule has 9 heteroatoms. The molecule has 0 radical (unpaired) electrons. The molecule has 2 aromatic rings. The van der Waals surface area contributed by atoms with Gasteiger partial charge in [-0.1, -0.05) is 12.1 Å². The first-order valence-corrected chi connectivity index (χ1v) is 10.1. The van der Waals surface area contributed by atoms with Gasteiger partial charge in [0.05, 0.1) is 11.4 Å². The average molecular weight is 379 g/mol. The highest BCUT2D eigenvalue weighted by Gasteiger charge is 2.10. The van der Waals surface area contributed by atoms with E-state index in [0.29, 0.717) is 6.54 Å². The molecule has 3 N–H and O–H groups in total. The number of benzene rings is 1. The van der Waals surface area contributed by atoms with Gasteiger partial charge in [-0.2, -0.15) is 5.10 Å². The monoisotopic (exact) mass is 378 g/mol. The Morgan fingerprint density at radius 3 is 2.62 bits per heavy atom. The van der Waals surface area contributed by atoms with Crippen molar-refractivity contribution < 1.29 is 8.42 Å². The van der Waals surface area contributed by atoms with Gasteiger partial charge in [0.2, 0.25) is 10.0 Å². The Morgan fingerprint density at radius 1 is 1.23 bits per heavy atom. The highest BCUT2D eigenvalue weighted by molar-refractivity contribution is 7.89. The Kier molecular flexibility index (Phi) is 7.61. The lowest BCUT2D eigenvalue weighted by Gasteiger charge is -2.11. The van der Waals surface area contributed by atoms with E-state index >= 15 is 0 Å². The van der Waals surface area contributed by atoms with Crippen molar-refractivity contribution in [1.29, 1.82) is 0 Å². The molecule has 0 bridgehead atoms. The molecule has 0 saturated heterocycles. The van der Waals surface area contributed by atoms with Crippen LogP contribution in [0.15, 0.2) is 52.6 Å². The van der Waals surface area contributed by atoms with Crippen molar-refractivity contribution in [1.82, 2.24) is 25.1 Å². The fourth-order valence-electron chi connectivity index (χ4n) is 2.28. The Bertz CT molecular complexity index is 785. The maximum atomic E-state index is 11.7. The summed E-state index contributed by atoms with van der Waals surface area (Å²) in [5.41, 5.74) is 0.939. The Hall–Kier alpha value is -2.39. The van der Waals surface area contributed by atoms with E-state index < -0.39 is 10.0 Å². The quantitative estimate of drug-likeness (QED) is 0.342. The zero-order chi connectivity index (χ0) is 18.8. The number of guanidine groups is 1. The molecule has 0 aliphatic carbocycles. The maximum absolute atomic E-state index is 11.7. The lowest BCUT2D eigenvalue weighted by atomic mass is 10.2. The van der Waals surface area contributed by atoms with E-state index in [2.05, 4.69) is 25.4 Å². The SMILES string of the molecule is CCNC(=NCc1ccc(S(=O)(=O)NC)cc1)NCCCn1cccn1. The summed E-state index contributed by atoms with van der Waals surface area (Å²) in [6.07, 6.45) is 4.64. The fourth-order valence-corrected chi connectivity index (χ4v) is 3.01. The van der Waals surface area contributed by atoms with Crippen LogP contribution >= 0.6 is 0 Å². The normalized spacial score (nSPS) is 12.2. The molecule has 8 nitrogen and oxygen atoms in total. The van der Waals surface area contributed by atoms with Crippen LogP contribution in [0.4, 0.5) is 0 Å². The summed E-state index contributed by atoms with van der Waals surface area (Å²) < 4.78 is 27.7. The van der Waals surface area contributed by atoms with Crippen LogP contribution in [0.3, 0.4) is 0 Å². The molecule has 0 aliphatic heterocycles. The van der Waals surface area contributed by atoms with Gasteiger partial charge < -0.3 is 10.6 Å². The Balaban J connectivity index is 1.87. The number of nitrogens with one attached hydrogen (secondary N) is 3. The van der Waals surface area contributed by atoms with E-state index in [-0.39, 0.29) is 4.90 Å². The van der Waals surface area contributed by atoms with Crippen molar-refractivity contribution in [2.75, 3.05) is 20.1 Å². The van der Waals surface area contributed by atoms with Gasteiger partial charge in [-0.05, 0) is 44.2 Å². The summed E-state index contributed by atoms with van der Waals surface area (Å²) in [7, 11) is -2.01. The first-order chi connectivity index (χ1) is 12.5. The van der Waals surface area contributed by atoms with Crippen LogP contribution in [0.5, 0.6) is 0 Å². The summed E-state index contributed by atoms with van der Waals surface area (Å²) in [4.78, 5) is 4.78. The second-order valence-corrected chi connectivity index (χ2v) is 7.48. The number of aliphatic imine (C=N–C) groups is 1. The minimum Gasteiger partial charge on any atom is -0.357 e. The number of aromatic nitrogens is 2. The van der Waals surface area contributed by atoms with E-state index in [9.17, 15) is 8.42 Å². The minimum atomic E-state index is -3.41. The van der Waals surface area contributed by atoms with Crippen LogP contribution in [0.1, 0.15) is 18.9 Å². The number of aryl methyl sites for hydroxylation is 1. The molecule has 0 saturated carbocycles. The summed E-state index contributed by atoms with van der Waals surface area (Å²) in [5.74, 6) is 0.736. The molecule has 0 amide bonds. The molecular formula is C17H26N6O2S. The zero-order valence-electron chi connectivity index (χ0n) is 15.1. The van der Waals surface area contributed by atoms with Crippen molar-refractivity contribution in [3.63, 3.8) is 0 Å². The Morgan fingerprint density at radius 2 is 2.00 bits per heavy atom. The van der Waals surface area contributed by atoms with Crippen LogP contribution in [-0.4, -0.2) is 44.3 Å². The maximum Gasteiger partial charge on any atom is 0.240 e. The molecule has 26 heavy (non-hydrogen) atoms. The van der Waals surface area contributed by atoms with Crippen molar-refractivity contribution in [2.45, 2.75) is 31.3 Å². The number of hydrogen-bond donors (Lipinski definition) is 3. The molecular weight excluding hydrogens is 352 g/mol. The van der Waals surface area contributed by atoms with Gasteiger partial charge in [0.15, 0.2) is 5.96 Å². The van der Waals surface area contributed by atoms with Gasteiger partial charge in [-0.15, -0.1) is 0 Å². The van der Waals surface area contributed by atoms with Crippen molar-refractivity contribution in [3.8, 4) is 0 Å². The molecule has 2 rings (SSSR count). The van der Waals surface area contributed by atoms with Gasteiger partial charge in [0.25, 0.3) is 0 Å². The minimum absolute atomic E-state index is 0.247. The molecule has 1 aromatic carbocycles. The number of sulfonamides is 1. The molecule has 1 heterocycles. The summed E-state index contributed by atoms with van der Waals surface area (Å²) in [6.45, 7) is 4.88. The predicted molar refractivity (Wildman–Crippen MR) is 102 cm³/mol. The van der Waals surface area contributed by atoms with E-state index in [1.807, 2.05) is 23.9 Å². The van der Waals surface area contributed by atoms with E-state index in [0.717, 1.165) is 37.6 Å². The van der Waals surface area contributed by atoms with E-state index in [1.54, 1.807) is 30.5 Å². The summed E-state index contributed by atoms with van der Waals surface area (Å²) in [6, 6.07) is 8.62. The summed E-state index contributed by atoms with van der Waals surface area (Å²) >= 11 is 0. The molecule has 0 spiro atoms. The average Bonchev–Trinajstić information content (AvgIpc) is 3.17. The van der Waals surface area contributed by atoms with Gasteiger partial charge in [0, 0.05) is 32.0 Å². The third-order valence-corrected chi connectivity index (χ3v) is 5.11. The van der Waals surface area contributed by atoms with Gasteiger partial charge in [0.1, 0.15) is 0 Å². The second-order valence-electron chi connectivity index (χ2n) is 5.60. The molecule has 0 fully saturated rings. The summed E-state index contributed by atoms with van der Waals surface area (Å²) in [5, 5.41) is 10.7. The van der Waals surface area contributed by atoms with Crippen LogP contribution in [0, 0.1) is 0 Å². The lowest BCUT2D eigenvalue weighted by molar-refractivity contribution is 0.570. The van der Waals surface area contributed by atoms with E-state index in [1.165, 1.54) is 7.05 Å². The Labute approximate surface area is 154 Å². The smallest absolute Gasteiger partial charge is 0.240 e. The topological polar surface area (TPSA) is 100 Å². The zero-order valence-corrected chi connectivity index (χ0v) is 16.0. The molecule has 142 valence electrons. The largest absolute Gasteiger partial charge is 0.357 e. The molecule has 1 aromatic heterocycles. The molecule has 0 unspecified atom stereocenters. The van der Waals surface area contributed by atoms with Crippen molar-refractivity contribution >= 4 is 16.0 Å². The predicted octanol–water partition coefficient (Wildman–Crippen LogP) is 0.937. The van der Waals surface area contributed by atoms with Gasteiger partial charge >= 0.3 is 0 Å². The van der Waals surface area contributed by atoms with Crippen LogP contribution < -0.4 is 15.4 Å². The number of rotatable bonds is 9. The standard InChI is InChI=1S/C17H26N6O2S/c1-3-19-17(20-10-4-12-23-13-5-11-22-23)21-14-15-6-8-16(9-7-15)26(24,25)18-2/h5-9,11,13,18H,3-4,10,12,14H2,1-2H3,(H2,19,20,21). The first kappa shape index (κ1) is 19.9. The fraction of sp³-hybridized carbons (Fsp3) is 0.412. The first-order valence-electron chi connectivity index (χ1n) is 8.57. The third-order valence-electron chi connectivity index (χ3n) is 3.68. The van der Waals surface area contributed by atoms with Crippen LogP contribution in [-0.2, 0) is 23.1 Å². The van der Waals surface area contributed by atoms with Crippen LogP contribution in [0.2, 0.25) is 0 Å². The molecule has 0 atom stereocenters. The highest BCUT2D eigenvalue weighted by Crippen LogP contribution is 2.10. The second kappa shape index (κ2) is 9.93. The van der Waals surface area contributed by atoms with Gasteiger partial charge in [-0.25, -0.2) is 18.1 Å². The van der Waals surface area contributed by atoms with Crippen molar-refractivity contribution in [2.24, 2.45) is 4.99 Å². The number of hydrogen-bond acceptors (Lipinski definition) is 4. The van der Waals surface area contributed by atoms with Gasteiger partial charge in [-0.3, -0.25) is 4.68 Å². The lowest BCUT2D eigenvalue weighted by Crippen LogP contribution is -2.38. The highest BCUT2D eigenvalue weighted by atomic mass is 32.2. The molecule has 0 aliphatic rings. The number of nitrogens with zero attached hydrogens (tertiary/aromatic N) is 3. The third kappa shape index (κ3) is 6.16. The van der Waals surface area contributed by atoms with E-state index in [4.69, 9.17) is 0 Å². The van der Waals surface area contributed by atoms with Crippen LogP contribution in [0.25, 0.3) is 0 Å².